The lowest BCUT2D eigenvalue weighted by atomic mass is 10.2. The number of carbonyl (C=O) groups is 2. The minimum atomic E-state index is -4.44. The molecule has 1 aromatic carbocycles. The number of anilines is 1. The molecule has 0 bridgehead atoms. The van der Waals surface area contributed by atoms with Gasteiger partial charge in [-0.2, -0.15) is 13.2 Å². The van der Waals surface area contributed by atoms with Crippen molar-refractivity contribution in [2.45, 2.75) is 25.8 Å². The van der Waals surface area contributed by atoms with Gasteiger partial charge >= 0.3 is 18.1 Å². The molecule has 0 saturated carbocycles. The number of carbonyl (C=O) groups excluding carboxylic acids is 2. The Hall–Kier alpha value is -1.78. The Kier molecular flexibility index (Phi) is 4.60. The van der Waals surface area contributed by atoms with Crippen molar-refractivity contribution >= 4 is 40.2 Å². The van der Waals surface area contributed by atoms with Gasteiger partial charge in [0.25, 0.3) is 5.79 Å². The molecule has 0 aliphatic carbocycles. The summed E-state index contributed by atoms with van der Waals surface area (Å²) in [6.07, 6.45) is -3.40. The second-order valence-corrected chi connectivity index (χ2v) is 6.24. The molecule has 0 radical (unpaired) electrons. The van der Waals surface area contributed by atoms with Crippen molar-refractivity contribution in [3.63, 3.8) is 0 Å². The molecular formula is C14H11F3INO4. The second kappa shape index (κ2) is 6.02. The van der Waals surface area contributed by atoms with E-state index in [4.69, 9.17) is 9.47 Å². The highest BCUT2D eigenvalue weighted by atomic mass is 127. The minimum Gasteiger partial charge on any atom is -0.419 e. The minimum absolute atomic E-state index is 0.271. The predicted octanol–water partition coefficient (Wildman–Crippen LogP) is 3.44. The van der Waals surface area contributed by atoms with Crippen LogP contribution in [-0.4, -0.2) is 17.7 Å². The quantitative estimate of drug-likeness (QED) is 0.330. The Bertz CT molecular complexity index is 676. The summed E-state index contributed by atoms with van der Waals surface area (Å²) in [5, 5.41) is 2.61. The number of hydrogen-bond acceptors (Lipinski definition) is 5. The Balaban J connectivity index is 2.20. The summed E-state index contributed by atoms with van der Waals surface area (Å²) in [5.41, 5.74) is -0.866. The van der Waals surface area contributed by atoms with Crippen LogP contribution in [0.5, 0.6) is 0 Å². The summed E-state index contributed by atoms with van der Waals surface area (Å²) in [7, 11) is 0. The molecule has 1 aliphatic rings. The number of cyclic esters (lactones) is 2. The van der Waals surface area contributed by atoms with E-state index in [0.717, 1.165) is 18.3 Å². The average Bonchev–Trinajstić information content (AvgIpc) is 2.36. The molecule has 9 heteroatoms. The van der Waals surface area contributed by atoms with E-state index in [1.54, 1.807) is 22.6 Å². The number of halogens is 4. The average molecular weight is 441 g/mol. The van der Waals surface area contributed by atoms with Gasteiger partial charge in [-0.25, -0.2) is 9.59 Å². The van der Waals surface area contributed by atoms with Gasteiger partial charge in [-0.05, 0) is 40.8 Å². The molecule has 23 heavy (non-hydrogen) atoms. The number of nitrogens with one attached hydrogen (secondary N) is 1. The first-order valence-corrected chi connectivity index (χ1v) is 7.37. The monoisotopic (exact) mass is 441 g/mol. The van der Waals surface area contributed by atoms with Crippen LogP contribution in [0.15, 0.2) is 30.0 Å². The molecule has 1 N–H and O–H groups in total. The van der Waals surface area contributed by atoms with E-state index < -0.39 is 29.5 Å². The molecule has 0 unspecified atom stereocenters. The Morgan fingerprint density at radius 3 is 2.22 bits per heavy atom. The van der Waals surface area contributed by atoms with Crippen LogP contribution in [-0.2, 0) is 25.2 Å². The molecule has 124 valence electrons. The molecule has 0 amide bonds. The van der Waals surface area contributed by atoms with Crippen LogP contribution in [0.2, 0.25) is 0 Å². The molecule has 1 fully saturated rings. The summed E-state index contributed by atoms with van der Waals surface area (Å²) in [6, 6.07) is 3.04. The third kappa shape index (κ3) is 4.15. The predicted molar refractivity (Wildman–Crippen MR) is 82.1 cm³/mol. The summed E-state index contributed by atoms with van der Waals surface area (Å²) in [5.74, 6) is -3.10. The lowest BCUT2D eigenvalue weighted by molar-refractivity contribution is -0.222. The number of ether oxygens (including phenoxy) is 2. The molecule has 5 nitrogen and oxygen atoms in total. The number of esters is 2. The molecule has 1 aliphatic heterocycles. The fraction of sp³-hybridized carbons (Fsp3) is 0.286. The van der Waals surface area contributed by atoms with Gasteiger partial charge in [0.15, 0.2) is 5.57 Å². The third-order valence-corrected chi connectivity index (χ3v) is 3.68. The van der Waals surface area contributed by atoms with Crippen molar-refractivity contribution in [2.24, 2.45) is 0 Å². The number of rotatable bonds is 2. The fourth-order valence-electron chi connectivity index (χ4n) is 1.74. The molecule has 0 atom stereocenters. The van der Waals surface area contributed by atoms with Crippen molar-refractivity contribution < 1.29 is 32.2 Å². The van der Waals surface area contributed by atoms with Crippen LogP contribution in [0.25, 0.3) is 0 Å². The molecule has 0 spiro atoms. The molecule has 1 aromatic rings. The van der Waals surface area contributed by atoms with Gasteiger partial charge in [0.2, 0.25) is 0 Å². The zero-order chi connectivity index (χ0) is 17.4. The van der Waals surface area contributed by atoms with Crippen LogP contribution in [0.4, 0.5) is 18.9 Å². The highest BCUT2D eigenvalue weighted by Gasteiger charge is 2.39. The van der Waals surface area contributed by atoms with Gasteiger partial charge < -0.3 is 14.8 Å². The zero-order valence-electron chi connectivity index (χ0n) is 12.0. The summed E-state index contributed by atoms with van der Waals surface area (Å²) >= 11 is 1.71. The first-order valence-electron chi connectivity index (χ1n) is 6.30. The topological polar surface area (TPSA) is 64.6 Å². The lowest BCUT2D eigenvalue weighted by Crippen LogP contribution is -2.42. The lowest BCUT2D eigenvalue weighted by Gasteiger charge is -2.29. The van der Waals surface area contributed by atoms with Crippen molar-refractivity contribution in [3.05, 3.63) is 39.1 Å². The van der Waals surface area contributed by atoms with E-state index in [1.807, 2.05) is 0 Å². The van der Waals surface area contributed by atoms with E-state index in [2.05, 4.69) is 5.32 Å². The van der Waals surface area contributed by atoms with Gasteiger partial charge in [-0.3, -0.25) is 0 Å². The molecular weight excluding hydrogens is 430 g/mol. The van der Waals surface area contributed by atoms with Crippen molar-refractivity contribution in [3.8, 4) is 0 Å². The van der Waals surface area contributed by atoms with Gasteiger partial charge in [0, 0.05) is 23.6 Å². The largest absolute Gasteiger partial charge is 0.419 e. The van der Waals surface area contributed by atoms with Crippen molar-refractivity contribution in [2.75, 3.05) is 5.32 Å². The molecule has 2 rings (SSSR count). The smallest absolute Gasteiger partial charge is 0.416 e. The van der Waals surface area contributed by atoms with E-state index in [0.29, 0.717) is 5.69 Å². The summed E-state index contributed by atoms with van der Waals surface area (Å²) in [6.45, 7) is 2.82. The maximum atomic E-state index is 12.6. The van der Waals surface area contributed by atoms with E-state index in [-0.39, 0.29) is 9.14 Å². The maximum Gasteiger partial charge on any atom is 0.416 e. The molecule has 0 aromatic heterocycles. The number of benzene rings is 1. The summed E-state index contributed by atoms with van der Waals surface area (Å²) in [4.78, 5) is 23.5. The number of hydrogen-bond donors (Lipinski definition) is 1. The van der Waals surface area contributed by atoms with Crippen LogP contribution in [0, 0.1) is 3.57 Å². The molecule has 1 heterocycles. The van der Waals surface area contributed by atoms with Crippen LogP contribution in [0.3, 0.4) is 0 Å². The number of alkyl halides is 3. The Morgan fingerprint density at radius 2 is 1.74 bits per heavy atom. The molecule has 1 saturated heterocycles. The second-order valence-electron chi connectivity index (χ2n) is 5.07. The van der Waals surface area contributed by atoms with E-state index in [9.17, 15) is 22.8 Å². The van der Waals surface area contributed by atoms with Crippen LogP contribution < -0.4 is 5.32 Å². The first kappa shape index (κ1) is 17.6. The zero-order valence-corrected chi connectivity index (χ0v) is 14.1. The third-order valence-electron chi connectivity index (χ3n) is 2.79. The highest BCUT2D eigenvalue weighted by Crippen LogP contribution is 2.32. The highest BCUT2D eigenvalue weighted by molar-refractivity contribution is 14.1. The van der Waals surface area contributed by atoms with Crippen molar-refractivity contribution in [1.82, 2.24) is 0 Å². The van der Waals surface area contributed by atoms with E-state index in [1.165, 1.54) is 19.9 Å². The standard InChI is InChI=1S/C14H11F3INO4/c1-13(2)22-11(20)8(12(21)23-13)6-19-10-4-3-7(5-9(10)18)14(15,16)17/h3-6,19H,1-2H3. The summed E-state index contributed by atoms with van der Waals surface area (Å²) < 4.78 is 47.8. The van der Waals surface area contributed by atoms with Gasteiger partial charge in [0.1, 0.15) is 0 Å². The SMILES string of the molecule is CC1(C)OC(=O)C(=CNc2ccc(C(F)(F)F)cc2I)C(=O)O1. The normalized spacial score (nSPS) is 17.4. The first-order chi connectivity index (χ1) is 10.5. The van der Waals surface area contributed by atoms with E-state index >= 15 is 0 Å². The van der Waals surface area contributed by atoms with Gasteiger partial charge in [0.05, 0.1) is 11.3 Å². The van der Waals surface area contributed by atoms with Crippen molar-refractivity contribution in [1.29, 1.82) is 0 Å². The van der Waals surface area contributed by atoms with Crippen LogP contribution >= 0.6 is 22.6 Å². The fourth-order valence-corrected chi connectivity index (χ4v) is 2.41. The maximum absolute atomic E-state index is 12.6. The Morgan fingerprint density at radius 1 is 1.17 bits per heavy atom. The van der Waals surface area contributed by atoms with Gasteiger partial charge in [-0.1, -0.05) is 0 Å². The Labute approximate surface area is 143 Å². The van der Waals surface area contributed by atoms with Crippen LogP contribution in [0.1, 0.15) is 19.4 Å². The van der Waals surface area contributed by atoms with Gasteiger partial charge in [-0.15, -0.1) is 0 Å².